The van der Waals surface area contributed by atoms with Crippen molar-refractivity contribution in [3.8, 4) is 11.5 Å². The number of rotatable bonds is 7. The van der Waals surface area contributed by atoms with E-state index in [1.807, 2.05) is 50.4 Å². The van der Waals surface area contributed by atoms with Crippen LogP contribution in [0.3, 0.4) is 0 Å². The zero-order chi connectivity index (χ0) is 16.8. The van der Waals surface area contributed by atoms with Gasteiger partial charge in [-0.1, -0.05) is 25.1 Å². The third kappa shape index (κ3) is 3.65. The summed E-state index contributed by atoms with van der Waals surface area (Å²) in [6.07, 6.45) is 1.20. The highest BCUT2D eigenvalue weighted by Crippen LogP contribution is 2.30. The quantitative estimate of drug-likeness (QED) is 0.787. The van der Waals surface area contributed by atoms with Crippen LogP contribution in [0.25, 0.3) is 0 Å². The molecule has 0 aromatic heterocycles. The molecule has 0 bridgehead atoms. The summed E-state index contributed by atoms with van der Waals surface area (Å²) >= 11 is 0. The van der Waals surface area contributed by atoms with Crippen molar-refractivity contribution in [2.75, 3.05) is 26.6 Å². The first-order valence-corrected chi connectivity index (χ1v) is 7.68. The van der Waals surface area contributed by atoms with E-state index in [-0.39, 0.29) is 5.78 Å². The van der Waals surface area contributed by atoms with Gasteiger partial charge in [0.15, 0.2) is 17.3 Å². The van der Waals surface area contributed by atoms with Gasteiger partial charge in [-0.15, -0.1) is 0 Å². The molecule has 2 rings (SSSR count). The highest BCUT2D eigenvalue weighted by molar-refractivity contribution is 6.01. The molecule has 0 aliphatic rings. The standard InChI is InChI=1S/C19H23NO3/c1-5-16(21)15-8-6-7-14(19(15)20-2)11-13-9-10-17(22-3)18(12-13)23-4/h6-10,12,20H,5,11H2,1-4H3. The molecular weight excluding hydrogens is 290 g/mol. The molecule has 0 fully saturated rings. The fourth-order valence-corrected chi connectivity index (χ4v) is 2.68. The molecular formula is C19H23NO3. The molecule has 0 unspecified atom stereocenters. The highest BCUT2D eigenvalue weighted by atomic mass is 16.5. The van der Waals surface area contributed by atoms with Crippen LogP contribution in [0.5, 0.6) is 11.5 Å². The molecule has 0 saturated carbocycles. The number of nitrogens with one attached hydrogen (secondary N) is 1. The predicted molar refractivity (Wildman–Crippen MR) is 93.0 cm³/mol. The summed E-state index contributed by atoms with van der Waals surface area (Å²) in [7, 11) is 5.09. The van der Waals surface area contributed by atoms with E-state index in [1.54, 1.807) is 14.2 Å². The first-order valence-electron chi connectivity index (χ1n) is 7.68. The minimum absolute atomic E-state index is 0.142. The first kappa shape index (κ1) is 16.9. The number of Topliss-reactive ketones (excluding diaryl/α,β-unsaturated/α-hetero) is 1. The van der Waals surface area contributed by atoms with Crippen LogP contribution in [0.1, 0.15) is 34.8 Å². The van der Waals surface area contributed by atoms with Gasteiger partial charge >= 0.3 is 0 Å². The second-order valence-corrected chi connectivity index (χ2v) is 5.23. The number of benzene rings is 2. The number of carbonyl (C=O) groups excluding carboxylic acids is 1. The summed E-state index contributed by atoms with van der Waals surface area (Å²) in [6.45, 7) is 1.88. The highest BCUT2D eigenvalue weighted by Gasteiger charge is 2.13. The number of ketones is 1. The Kier molecular flexibility index (Phi) is 5.63. The SMILES string of the molecule is CCC(=O)c1cccc(Cc2ccc(OC)c(OC)c2)c1NC. The lowest BCUT2D eigenvalue weighted by Crippen LogP contribution is -2.06. The fraction of sp³-hybridized carbons (Fsp3) is 0.316. The van der Waals surface area contributed by atoms with Crippen LogP contribution in [-0.4, -0.2) is 27.1 Å². The maximum atomic E-state index is 12.1. The van der Waals surface area contributed by atoms with E-state index in [1.165, 1.54) is 0 Å². The first-order chi connectivity index (χ1) is 11.1. The summed E-state index contributed by atoms with van der Waals surface area (Å²) in [6, 6.07) is 11.7. The summed E-state index contributed by atoms with van der Waals surface area (Å²) < 4.78 is 10.6. The van der Waals surface area contributed by atoms with E-state index in [0.29, 0.717) is 24.3 Å². The van der Waals surface area contributed by atoms with Crippen LogP contribution in [0.15, 0.2) is 36.4 Å². The fourth-order valence-electron chi connectivity index (χ4n) is 2.68. The second-order valence-electron chi connectivity index (χ2n) is 5.23. The Labute approximate surface area is 137 Å². The van der Waals surface area contributed by atoms with Crippen molar-refractivity contribution in [1.82, 2.24) is 0 Å². The van der Waals surface area contributed by atoms with Crippen molar-refractivity contribution in [2.45, 2.75) is 19.8 Å². The molecule has 0 aliphatic carbocycles. The number of hydrogen-bond acceptors (Lipinski definition) is 4. The van der Waals surface area contributed by atoms with Crippen LogP contribution < -0.4 is 14.8 Å². The smallest absolute Gasteiger partial charge is 0.164 e. The zero-order valence-corrected chi connectivity index (χ0v) is 14.1. The molecule has 4 nitrogen and oxygen atoms in total. The van der Waals surface area contributed by atoms with Crippen molar-refractivity contribution >= 4 is 11.5 Å². The Morgan fingerprint density at radius 1 is 1.09 bits per heavy atom. The van der Waals surface area contributed by atoms with E-state index in [0.717, 1.165) is 22.4 Å². The Bertz CT molecular complexity index is 695. The molecule has 1 N–H and O–H groups in total. The van der Waals surface area contributed by atoms with Crippen molar-refractivity contribution in [3.63, 3.8) is 0 Å². The van der Waals surface area contributed by atoms with Crippen molar-refractivity contribution in [3.05, 3.63) is 53.1 Å². The van der Waals surface area contributed by atoms with Gasteiger partial charge < -0.3 is 14.8 Å². The Morgan fingerprint density at radius 2 is 1.83 bits per heavy atom. The maximum Gasteiger partial charge on any atom is 0.164 e. The van der Waals surface area contributed by atoms with Gasteiger partial charge in [-0.3, -0.25) is 4.79 Å². The minimum atomic E-state index is 0.142. The van der Waals surface area contributed by atoms with Crippen molar-refractivity contribution < 1.29 is 14.3 Å². The van der Waals surface area contributed by atoms with Gasteiger partial charge in [0.25, 0.3) is 0 Å². The third-order valence-electron chi connectivity index (χ3n) is 3.86. The van der Waals surface area contributed by atoms with Gasteiger partial charge in [0.1, 0.15) is 0 Å². The van der Waals surface area contributed by atoms with E-state index >= 15 is 0 Å². The van der Waals surface area contributed by atoms with E-state index < -0.39 is 0 Å². The predicted octanol–water partition coefficient (Wildman–Crippen LogP) is 3.93. The number of carbonyl (C=O) groups is 1. The lowest BCUT2D eigenvalue weighted by atomic mass is 9.97. The normalized spacial score (nSPS) is 10.3. The monoisotopic (exact) mass is 313 g/mol. The Balaban J connectivity index is 2.38. The molecule has 0 heterocycles. The van der Waals surface area contributed by atoms with E-state index in [4.69, 9.17) is 9.47 Å². The van der Waals surface area contributed by atoms with Crippen molar-refractivity contribution in [2.24, 2.45) is 0 Å². The van der Waals surface area contributed by atoms with Gasteiger partial charge in [0.2, 0.25) is 0 Å². The molecule has 2 aromatic carbocycles. The number of methoxy groups -OCH3 is 2. The van der Waals surface area contributed by atoms with Gasteiger partial charge in [-0.05, 0) is 35.7 Å². The molecule has 0 atom stereocenters. The topological polar surface area (TPSA) is 47.6 Å². The molecule has 4 heteroatoms. The summed E-state index contributed by atoms with van der Waals surface area (Å²) in [4.78, 5) is 12.1. The third-order valence-corrected chi connectivity index (χ3v) is 3.86. The molecule has 23 heavy (non-hydrogen) atoms. The Hall–Kier alpha value is -2.49. The van der Waals surface area contributed by atoms with Crippen LogP contribution in [-0.2, 0) is 6.42 Å². The zero-order valence-electron chi connectivity index (χ0n) is 14.1. The molecule has 0 radical (unpaired) electrons. The van der Waals surface area contributed by atoms with Crippen LogP contribution in [0.4, 0.5) is 5.69 Å². The second kappa shape index (κ2) is 7.68. The molecule has 0 saturated heterocycles. The molecule has 122 valence electrons. The van der Waals surface area contributed by atoms with Gasteiger partial charge in [-0.2, -0.15) is 0 Å². The van der Waals surface area contributed by atoms with Gasteiger partial charge in [0, 0.05) is 24.7 Å². The largest absolute Gasteiger partial charge is 0.493 e. The van der Waals surface area contributed by atoms with E-state index in [9.17, 15) is 4.79 Å². The van der Waals surface area contributed by atoms with Crippen LogP contribution >= 0.6 is 0 Å². The van der Waals surface area contributed by atoms with Crippen molar-refractivity contribution in [1.29, 1.82) is 0 Å². The number of para-hydroxylation sites is 1. The minimum Gasteiger partial charge on any atom is -0.493 e. The van der Waals surface area contributed by atoms with Gasteiger partial charge in [-0.25, -0.2) is 0 Å². The summed E-state index contributed by atoms with van der Waals surface area (Å²) in [5, 5.41) is 3.17. The maximum absolute atomic E-state index is 12.1. The van der Waals surface area contributed by atoms with Gasteiger partial charge in [0.05, 0.1) is 14.2 Å². The number of anilines is 1. The Morgan fingerprint density at radius 3 is 2.43 bits per heavy atom. The lowest BCUT2D eigenvalue weighted by molar-refractivity contribution is 0.0989. The number of ether oxygens (including phenoxy) is 2. The van der Waals surface area contributed by atoms with Crippen LogP contribution in [0, 0.1) is 0 Å². The average Bonchev–Trinajstić information content (AvgIpc) is 2.60. The average molecular weight is 313 g/mol. The molecule has 2 aromatic rings. The lowest BCUT2D eigenvalue weighted by Gasteiger charge is -2.15. The molecule has 0 aliphatic heterocycles. The van der Waals surface area contributed by atoms with E-state index in [2.05, 4.69) is 5.32 Å². The molecule has 0 spiro atoms. The number of hydrogen-bond donors (Lipinski definition) is 1. The molecule has 0 amide bonds. The van der Waals surface area contributed by atoms with Crippen LogP contribution in [0.2, 0.25) is 0 Å². The summed E-state index contributed by atoms with van der Waals surface area (Å²) in [5.74, 6) is 1.56. The summed E-state index contributed by atoms with van der Waals surface area (Å²) in [5.41, 5.74) is 3.82.